The number of unbranched alkanes of at least 4 members (excludes halogenated alkanes) is 1. The number of amides is 2. The first-order chi connectivity index (χ1) is 16.3. The van der Waals surface area contributed by atoms with Gasteiger partial charge in [0.25, 0.3) is 0 Å². The summed E-state index contributed by atoms with van der Waals surface area (Å²) in [5.41, 5.74) is 1.41. The molecule has 0 aliphatic rings. The third-order valence-electron chi connectivity index (χ3n) is 5.06. The van der Waals surface area contributed by atoms with E-state index < -0.39 is 29.5 Å². The molecule has 34 heavy (non-hydrogen) atoms. The summed E-state index contributed by atoms with van der Waals surface area (Å²) in [6.45, 7) is 4.05. The molecule has 0 saturated heterocycles. The Bertz CT molecular complexity index is 966. The second-order valence-corrected chi connectivity index (χ2v) is 7.67. The van der Waals surface area contributed by atoms with Crippen LogP contribution in [0.1, 0.15) is 44.7 Å². The molecule has 0 spiro atoms. The van der Waals surface area contributed by atoms with Gasteiger partial charge in [-0.2, -0.15) is 5.01 Å². The number of benzene rings is 2. The number of hydrogen-bond acceptors (Lipinski definition) is 7. The van der Waals surface area contributed by atoms with Crippen LogP contribution in [0.2, 0.25) is 0 Å². The highest BCUT2D eigenvalue weighted by molar-refractivity contribution is 6.09. The van der Waals surface area contributed by atoms with Crippen molar-refractivity contribution in [2.24, 2.45) is 0 Å². The van der Waals surface area contributed by atoms with Crippen LogP contribution in [0.3, 0.4) is 0 Å². The van der Waals surface area contributed by atoms with E-state index >= 15 is 0 Å². The normalized spacial score (nSPS) is 12.1. The number of esters is 1. The van der Waals surface area contributed by atoms with Gasteiger partial charge in [-0.1, -0.05) is 74.0 Å². The molecular weight excluding hydrogens is 440 g/mol. The van der Waals surface area contributed by atoms with Crippen LogP contribution in [0.4, 0.5) is 9.59 Å². The maximum absolute atomic E-state index is 13.0. The van der Waals surface area contributed by atoms with Gasteiger partial charge in [-0.3, -0.25) is 4.79 Å². The van der Waals surface area contributed by atoms with E-state index in [-0.39, 0.29) is 19.8 Å². The van der Waals surface area contributed by atoms with Gasteiger partial charge in [-0.05, 0) is 31.4 Å². The molecule has 2 aromatic carbocycles. The number of hydrogen-bond donors (Lipinski definition) is 1. The number of hydrazine groups is 1. The Balaban J connectivity index is 2.22. The Morgan fingerprint density at radius 3 is 1.88 bits per heavy atom. The van der Waals surface area contributed by atoms with Gasteiger partial charge in [0, 0.05) is 0 Å². The van der Waals surface area contributed by atoms with E-state index in [0.29, 0.717) is 22.6 Å². The summed E-state index contributed by atoms with van der Waals surface area (Å²) in [6.07, 6.45) is -0.832. The Kier molecular flexibility index (Phi) is 10.1. The summed E-state index contributed by atoms with van der Waals surface area (Å²) in [5, 5.41) is 0.528. The summed E-state index contributed by atoms with van der Waals surface area (Å²) in [7, 11) is 0. The van der Waals surface area contributed by atoms with Gasteiger partial charge >= 0.3 is 18.2 Å². The Hall–Kier alpha value is -3.88. The van der Waals surface area contributed by atoms with Crippen LogP contribution in [0.5, 0.6) is 0 Å². The van der Waals surface area contributed by atoms with E-state index in [0.717, 1.165) is 13.3 Å². The molecule has 0 bridgehead atoms. The quantitative estimate of drug-likeness (QED) is 0.182. The fourth-order valence-corrected chi connectivity index (χ4v) is 2.81. The zero-order valence-corrected chi connectivity index (χ0v) is 19.6. The molecule has 2 aromatic rings. The molecule has 0 saturated carbocycles. The van der Waals surface area contributed by atoms with Crippen LogP contribution in [0, 0.1) is 0 Å². The smallest absolute Gasteiger partial charge is 0.430 e. The molecule has 0 radical (unpaired) electrons. The number of ketones is 1. The summed E-state index contributed by atoms with van der Waals surface area (Å²) in [6, 6.07) is 17.7. The van der Waals surface area contributed by atoms with Crippen LogP contribution in [0.25, 0.3) is 0 Å². The first kappa shape index (κ1) is 26.4. The van der Waals surface area contributed by atoms with E-state index in [4.69, 9.17) is 14.2 Å². The first-order valence-electron chi connectivity index (χ1n) is 11.0. The molecule has 0 heterocycles. The average molecular weight is 471 g/mol. The fourth-order valence-electron chi connectivity index (χ4n) is 2.81. The van der Waals surface area contributed by atoms with Gasteiger partial charge in [-0.15, -0.1) is 0 Å². The lowest BCUT2D eigenvalue weighted by molar-refractivity contribution is -0.162. The van der Waals surface area contributed by atoms with Crippen molar-refractivity contribution >= 4 is 23.9 Å². The number of carbonyl (C=O) groups is 4. The van der Waals surface area contributed by atoms with E-state index in [1.807, 2.05) is 13.0 Å². The van der Waals surface area contributed by atoms with Crippen LogP contribution in [0.15, 0.2) is 60.7 Å². The molecule has 1 N–H and O–H groups in total. The average Bonchev–Trinajstić information content (AvgIpc) is 2.85. The zero-order valence-electron chi connectivity index (χ0n) is 19.6. The fraction of sp³-hybridized carbons (Fsp3) is 0.360. The second kappa shape index (κ2) is 13.0. The molecule has 0 aliphatic heterocycles. The van der Waals surface area contributed by atoms with Crippen molar-refractivity contribution in [2.45, 2.75) is 52.4 Å². The molecule has 1 atom stereocenters. The van der Waals surface area contributed by atoms with Crippen LogP contribution >= 0.6 is 0 Å². The number of rotatable bonds is 10. The molecule has 2 rings (SSSR count). The highest BCUT2D eigenvalue weighted by atomic mass is 16.6. The Morgan fingerprint density at radius 2 is 1.38 bits per heavy atom. The van der Waals surface area contributed by atoms with Crippen molar-refractivity contribution in [3.8, 4) is 0 Å². The van der Waals surface area contributed by atoms with Crippen molar-refractivity contribution in [3.63, 3.8) is 0 Å². The van der Waals surface area contributed by atoms with E-state index in [1.54, 1.807) is 54.6 Å². The highest BCUT2D eigenvalue weighted by Crippen LogP contribution is 2.20. The number of Topliss-reactive ketones (excluding diaryl/α,β-unsaturated/α-hetero) is 1. The van der Waals surface area contributed by atoms with E-state index in [9.17, 15) is 19.2 Å². The molecule has 182 valence electrons. The summed E-state index contributed by atoms with van der Waals surface area (Å²) < 4.78 is 15.7. The third kappa shape index (κ3) is 7.33. The SMILES string of the molecule is CCCCOC(=O)C(C)(C(C)=O)N(NC(=O)OCc1ccccc1)C(=O)OCc1ccccc1. The van der Waals surface area contributed by atoms with Crippen molar-refractivity contribution in [2.75, 3.05) is 6.61 Å². The monoisotopic (exact) mass is 470 g/mol. The van der Waals surface area contributed by atoms with Crippen molar-refractivity contribution in [1.29, 1.82) is 0 Å². The standard InChI is InChI=1S/C25H30N2O7/c1-4-5-16-32-22(29)25(3,19(2)28)27(24(31)34-18-21-14-10-7-11-15-21)26-23(30)33-17-20-12-8-6-9-13-20/h6-15H,4-5,16-18H2,1-3H3,(H,26,30). The lowest BCUT2D eigenvalue weighted by Gasteiger charge is -2.35. The van der Waals surface area contributed by atoms with Crippen LogP contribution < -0.4 is 5.43 Å². The van der Waals surface area contributed by atoms with Crippen molar-refractivity contribution in [1.82, 2.24) is 10.4 Å². The minimum atomic E-state index is -2.17. The molecule has 0 aliphatic carbocycles. The molecule has 1 unspecified atom stereocenters. The first-order valence-corrected chi connectivity index (χ1v) is 11.0. The zero-order chi connectivity index (χ0) is 25.0. The number of nitrogens with zero attached hydrogens (tertiary/aromatic N) is 1. The summed E-state index contributed by atoms with van der Waals surface area (Å²) in [5.74, 6) is -1.72. The second-order valence-electron chi connectivity index (χ2n) is 7.67. The minimum Gasteiger partial charge on any atom is -0.464 e. The minimum absolute atomic E-state index is 0.0591. The molecule has 0 fully saturated rings. The highest BCUT2D eigenvalue weighted by Gasteiger charge is 2.50. The van der Waals surface area contributed by atoms with E-state index in [2.05, 4.69) is 5.43 Å². The van der Waals surface area contributed by atoms with Crippen LogP contribution in [-0.4, -0.2) is 41.1 Å². The van der Waals surface area contributed by atoms with Gasteiger partial charge in [0.2, 0.25) is 5.54 Å². The molecular formula is C25H30N2O7. The Morgan fingerprint density at radius 1 is 0.853 bits per heavy atom. The maximum atomic E-state index is 13.0. The van der Waals surface area contributed by atoms with Gasteiger partial charge in [-0.25, -0.2) is 19.8 Å². The number of nitrogens with one attached hydrogen (secondary N) is 1. The van der Waals surface area contributed by atoms with Gasteiger partial charge in [0.05, 0.1) is 6.61 Å². The van der Waals surface area contributed by atoms with Crippen molar-refractivity contribution in [3.05, 3.63) is 71.8 Å². The van der Waals surface area contributed by atoms with E-state index in [1.165, 1.54) is 6.92 Å². The van der Waals surface area contributed by atoms with Crippen molar-refractivity contribution < 1.29 is 33.4 Å². The summed E-state index contributed by atoms with van der Waals surface area (Å²) >= 11 is 0. The lowest BCUT2D eigenvalue weighted by Crippen LogP contribution is -2.66. The molecule has 9 nitrogen and oxygen atoms in total. The lowest BCUT2D eigenvalue weighted by atomic mass is 9.97. The summed E-state index contributed by atoms with van der Waals surface area (Å²) in [4.78, 5) is 51.0. The predicted molar refractivity (Wildman–Crippen MR) is 123 cm³/mol. The molecule has 9 heteroatoms. The number of carbonyl (C=O) groups excluding carboxylic acids is 4. The third-order valence-corrected chi connectivity index (χ3v) is 5.06. The molecule has 2 amide bonds. The maximum Gasteiger partial charge on any atom is 0.430 e. The Labute approximate surface area is 198 Å². The largest absolute Gasteiger partial charge is 0.464 e. The molecule has 0 aromatic heterocycles. The van der Waals surface area contributed by atoms with Gasteiger partial charge in [0.15, 0.2) is 5.78 Å². The predicted octanol–water partition coefficient (Wildman–Crippen LogP) is 4.16. The van der Waals surface area contributed by atoms with Crippen LogP contribution in [-0.2, 0) is 37.0 Å². The topological polar surface area (TPSA) is 111 Å². The van der Waals surface area contributed by atoms with Gasteiger partial charge in [0.1, 0.15) is 13.2 Å². The number of ether oxygens (including phenoxy) is 3. The van der Waals surface area contributed by atoms with Gasteiger partial charge < -0.3 is 14.2 Å².